The molecule has 0 aliphatic carbocycles. The van der Waals surface area contributed by atoms with Gasteiger partial charge in [0, 0.05) is 5.56 Å². The normalized spacial score (nSPS) is 10.8. The maximum Gasteiger partial charge on any atom is 0.360 e. The topological polar surface area (TPSA) is 96.2 Å². The minimum Gasteiger partial charge on any atom is -0.461 e. The van der Waals surface area contributed by atoms with Gasteiger partial charge in [0.2, 0.25) is 0 Å². The molecule has 2 aromatic rings. The molecule has 20 heavy (non-hydrogen) atoms. The number of nitrogens with zero attached hydrogens (tertiary/aromatic N) is 3. The number of anilines is 1. The van der Waals surface area contributed by atoms with Gasteiger partial charge < -0.3 is 19.6 Å². The summed E-state index contributed by atoms with van der Waals surface area (Å²) < 4.78 is 11.8. The first kappa shape index (κ1) is 14.1. The zero-order chi connectivity index (χ0) is 14.9. The number of carbonyl (C=O) groups excluding carboxylic acids is 1. The van der Waals surface area contributed by atoms with E-state index in [0.717, 1.165) is 17.0 Å². The molecular formula is C13H18N4O3. The van der Waals surface area contributed by atoms with Crippen LogP contribution in [0.1, 0.15) is 40.3 Å². The molecule has 0 amide bonds. The number of hydrogen-bond acceptors (Lipinski definition) is 6. The summed E-state index contributed by atoms with van der Waals surface area (Å²) in [7, 11) is 0. The average molecular weight is 278 g/mol. The van der Waals surface area contributed by atoms with Gasteiger partial charge in [-0.15, -0.1) is 0 Å². The molecule has 0 saturated carbocycles. The van der Waals surface area contributed by atoms with Gasteiger partial charge in [-0.3, -0.25) is 0 Å². The highest BCUT2D eigenvalue weighted by molar-refractivity contribution is 5.92. The minimum atomic E-state index is -0.509. The smallest absolute Gasteiger partial charge is 0.360 e. The molecule has 0 spiro atoms. The van der Waals surface area contributed by atoms with Gasteiger partial charge in [-0.2, -0.15) is 0 Å². The molecule has 2 N–H and O–H groups in total. The van der Waals surface area contributed by atoms with Crippen molar-refractivity contribution in [2.75, 3.05) is 12.3 Å². The van der Waals surface area contributed by atoms with E-state index < -0.39 is 5.97 Å². The Morgan fingerprint density at radius 3 is 2.65 bits per heavy atom. The summed E-state index contributed by atoms with van der Waals surface area (Å²) in [5.41, 5.74) is 7.89. The number of aryl methyl sites for hydroxylation is 3. The van der Waals surface area contributed by atoms with E-state index in [2.05, 4.69) is 10.1 Å². The summed E-state index contributed by atoms with van der Waals surface area (Å²) in [6.45, 7) is 7.98. The molecule has 0 fully saturated rings. The first-order valence-electron chi connectivity index (χ1n) is 6.37. The quantitative estimate of drug-likeness (QED) is 0.853. The number of nitrogen functional groups attached to an aromatic ring is 1. The number of aromatic nitrogens is 3. The number of rotatable bonds is 4. The fourth-order valence-corrected chi connectivity index (χ4v) is 2.02. The van der Waals surface area contributed by atoms with Crippen LogP contribution < -0.4 is 5.73 Å². The average Bonchev–Trinajstić information content (AvgIpc) is 2.86. The lowest BCUT2D eigenvalue weighted by Gasteiger charge is -2.07. The van der Waals surface area contributed by atoms with Gasteiger partial charge in [0.05, 0.1) is 18.8 Å². The van der Waals surface area contributed by atoms with Gasteiger partial charge in [0.25, 0.3) is 0 Å². The molecule has 0 unspecified atom stereocenters. The van der Waals surface area contributed by atoms with E-state index in [1.54, 1.807) is 18.4 Å². The standard InChI is InChI=1S/C13H18N4O3/c1-5-19-13(18)11-12(14)17(9(4)15-11)6-10-7(2)16-20-8(10)3/h5-6,14H2,1-4H3. The Morgan fingerprint density at radius 2 is 2.10 bits per heavy atom. The Morgan fingerprint density at radius 1 is 1.40 bits per heavy atom. The van der Waals surface area contributed by atoms with Crippen molar-refractivity contribution in [2.24, 2.45) is 0 Å². The van der Waals surface area contributed by atoms with E-state index >= 15 is 0 Å². The highest BCUT2D eigenvalue weighted by atomic mass is 16.5. The predicted octanol–water partition coefficient (Wildman–Crippen LogP) is 1.60. The lowest BCUT2D eigenvalue weighted by molar-refractivity contribution is 0.0521. The summed E-state index contributed by atoms with van der Waals surface area (Å²) in [6, 6.07) is 0. The van der Waals surface area contributed by atoms with Gasteiger partial charge in [0.1, 0.15) is 17.4 Å². The van der Waals surface area contributed by atoms with Crippen LogP contribution in [0.3, 0.4) is 0 Å². The van der Waals surface area contributed by atoms with E-state index in [1.165, 1.54) is 0 Å². The van der Waals surface area contributed by atoms with Crippen molar-refractivity contribution in [3.05, 3.63) is 28.5 Å². The number of imidazole rings is 1. The Bertz CT molecular complexity index is 623. The molecule has 2 heterocycles. The Hall–Kier alpha value is -2.31. The van der Waals surface area contributed by atoms with Crippen molar-refractivity contribution in [1.82, 2.24) is 14.7 Å². The third kappa shape index (κ3) is 2.38. The second kappa shape index (κ2) is 5.36. The van der Waals surface area contributed by atoms with Crippen LogP contribution in [-0.4, -0.2) is 27.3 Å². The fourth-order valence-electron chi connectivity index (χ4n) is 2.02. The SMILES string of the molecule is CCOC(=O)c1nc(C)n(Cc2c(C)noc2C)c1N. The van der Waals surface area contributed by atoms with Crippen LogP contribution in [0, 0.1) is 20.8 Å². The van der Waals surface area contributed by atoms with Crippen LogP contribution in [0.25, 0.3) is 0 Å². The van der Waals surface area contributed by atoms with E-state index in [1.807, 2.05) is 13.8 Å². The molecule has 108 valence electrons. The highest BCUT2D eigenvalue weighted by Crippen LogP contribution is 2.20. The highest BCUT2D eigenvalue weighted by Gasteiger charge is 2.21. The van der Waals surface area contributed by atoms with Gasteiger partial charge >= 0.3 is 5.97 Å². The molecule has 0 atom stereocenters. The van der Waals surface area contributed by atoms with Gasteiger partial charge in [0.15, 0.2) is 5.69 Å². The zero-order valence-electron chi connectivity index (χ0n) is 12.1. The molecule has 7 heteroatoms. The first-order chi connectivity index (χ1) is 9.45. The van der Waals surface area contributed by atoms with Crippen molar-refractivity contribution in [1.29, 1.82) is 0 Å². The third-order valence-corrected chi connectivity index (χ3v) is 3.16. The fraction of sp³-hybridized carbons (Fsp3) is 0.462. The Kier molecular flexibility index (Phi) is 3.78. The molecule has 7 nitrogen and oxygen atoms in total. The van der Waals surface area contributed by atoms with E-state index in [0.29, 0.717) is 18.2 Å². The van der Waals surface area contributed by atoms with E-state index in [4.69, 9.17) is 15.0 Å². The monoisotopic (exact) mass is 278 g/mol. The van der Waals surface area contributed by atoms with Crippen molar-refractivity contribution in [2.45, 2.75) is 34.2 Å². The van der Waals surface area contributed by atoms with Gasteiger partial charge in [-0.1, -0.05) is 5.16 Å². The molecular weight excluding hydrogens is 260 g/mol. The second-order valence-corrected chi connectivity index (χ2v) is 4.50. The molecule has 0 aromatic carbocycles. The lowest BCUT2D eigenvalue weighted by Crippen LogP contribution is -2.11. The molecule has 2 rings (SSSR count). The second-order valence-electron chi connectivity index (χ2n) is 4.50. The maximum atomic E-state index is 11.8. The predicted molar refractivity (Wildman–Crippen MR) is 72.4 cm³/mol. The Balaban J connectivity index is 2.36. The molecule has 2 aromatic heterocycles. The molecule has 0 bridgehead atoms. The van der Waals surface area contributed by atoms with Gasteiger partial charge in [-0.25, -0.2) is 9.78 Å². The first-order valence-corrected chi connectivity index (χ1v) is 6.37. The minimum absolute atomic E-state index is 0.149. The van der Waals surface area contributed by atoms with Crippen LogP contribution in [0.4, 0.5) is 5.82 Å². The van der Waals surface area contributed by atoms with Crippen LogP contribution in [0.2, 0.25) is 0 Å². The molecule has 0 aliphatic rings. The summed E-state index contributed by atoms with van der Waals surface area (Å²) in [5, 5.41) is 3.90. The largest absolute Gasteiger partial charge is 0.461 e. The van der Waals surface area contributed by atoms with Gasteiger partial charge in [-0.05, 0) is 27.7 Å². The van der Waals surface area contributed by atoms with Crippen molar-refractivity contribution in [3.63, 3.8) is 0 Å². The summed E-state index contributed by atoms with van der Waals surface area (Å²) in [4.78, 5) is 15.9. The van der Waals surface area contributed by atoms with Crippen molar-refractivity contribution < 1.29 is 14.1 Å². The molecule has 0 aliphatic heterocycles. The summed E-state index contributed by atoms with van der Waals surface area (Å²) in [6.07, 6.45) is 0. The molecule has 0 saturated heterocycles. The van der Waals surface area contributed by atoms with Crippen LogP contribution in [0.15, 0.2) is 4.52 Å². The van der Waals surface area contributed by atoms with Crippen molar-refractivity contribution >= 4 is 11.8 Å². The number of esters is 1. The van der Waals surface area contributed by atoms with Crippen molar-refractivity contribution in [3.8, 4) is 0 Å². The third-order valence-electron chi connectivity index (χ3n) is 3.16. The maximum absolute atomic E-state index is 11.8. The zero-order valence-corrected chi connectivity index (χ0v) is 12.1. The summed E-state index contributed by atoms with van der Waals surface area (Å²) >= 11 is 0. The number of hydrogen-bond donors (Lipinski definition) is 1. The number of ether oxygens (including phenoxy) is 1. The van der Waals surface area contributed by atoms with Crippen LogP contribution >= 0.6 is 0 Å². The number of carbonyl (C=O) groups is 1. The van der Waals surface area contributed by atoms with Crippen LogP contribution in [0.5, 0.6) is 0 Å². The lowest BCUT2D eigenvalue weighted by atomic mass is 10.2. The number of nitrogens with two attached hydrogens (primary N) is 1. The Labute approximate surface area is 116 Å². The van der Waals surface area contributed by atoms with E-state index in [-0.39, 0.29) is 12.3 Å². The summed E-state index contributed by atoms with van der Waals surface area (Å²) in [5.74, 6) is 1.16. The molecule has 0 radical (unpaired) electrons. The van der Waals surface area contributed by atoms with E-state index in [9.17, 15) is 4.79 Å². The van der Waals surface area contributed by atoms with Crippen LogP contribution in [-0.2, 0) is 11.3 Å².